The zero-order chi connectivity index (χ0) is 20.2. The number of likely N-dealkylation sites (tertiary alicyclic amines) is 1. The third kappa shape index (κ3) is 5.08. The Labute approximate surface area is 179 Å². The quantitative estimate of drug-likeness (QED) is 0.741. The topological polar surface area (TPSA) is 63.7 Å². The first-order chi connectivity index (χ1) is 14.1. The second-order valence-corrected chi connectivity index (χ2v) is 8.65. The van der Waals surface area contributed by atoms with Crippen LogP contribution in [0.15, 0.2) is 41.0 Å². The summed E-state index contributed by atoms with van der Waals surface area (Å²) in [5, 5.41) is 3.08. The number of carbonyl (C=O) groups excluding carboxylic acids is 1. The molecular formula is C22H26BrN3O3. The molecule has 7 heteroatoms. The van der Waals surface area contributed by atoms with Gasteiger partial charge in [0.15, 0.2) is 11.5 Å². The van der Waals surface area contributed by atoms with Crippen molar-refractivity contribution < 1.29 is 14.3 Å². The number of fused-ring (bicyclic) bond motifs is 1. The van der Waals surface area contributed by atoms with E-state index in [0.29, 0.717) is 24.6 Å². The van der Waals surface area contributed by atoms with Gasteiger partial charge < -0.3 is 14.8 Å². The van der Waals surface area contributed by atoms with Crippen molar-refractivity contribution in [2.24, 2.45) is 5.92 Å². The van der Waals surface area contributed by atoms with Crippen molar-refractivity contribution in [2.45, 2.75) is 25.9 Å². The van der Waals surface area contributed by atoms with Crippen LogP contribution >= 0.6 is 15.9 Å². The van der Waals surface area contributed by atoms with Crippen molar-refractivity contribution in [1.29, 1.82) is 0 Å². The third-order valence-electron chi connectivity index (χ3n) is 5.60. The lowest BCUT2D eigenvalue weighted by Crippen LogP contribution is -2.45. The van der Waals surface area contributed by atoms with Gasteiger partial charge in [-0.2, -0.15) is 0 Å². The van der Waals surface area contributed by atoms with Crippen molar-refractivity contribution in [1.82, 2.24) is 15.2 Å². The van der Waals surface area contributed by atoms with E-state index in [2.05, 4.69) is 31.1 Å². The number of carbonyl (C=O) groups is 1. The zero-order valence-corrected chi connectivity index (χ0v) is 18.2. The van der Waals surface area contributed by atoms with Crippen LogP contribution in [0.4, 0.5) is 0 Å². The van der Waals surface area contributed by atoms with Gasteiger partial charge in [-0.1, -0.05) is 15.9 Å². The van der Waals surface area contributed by atoms with Gasteiger partial charge >= 0.3 is 0 Å². The first-order valence-corrected chi connectivity index (χ1v) is 10.9. The summed E-state index contributed by atoms with van der Waals surface area (Å²) in [7, 11) is 0. The van der Waals surface area contributed by atoms with Crippen LogP contribution in [-0.4, -0.2) is 54.7 Å². The highest BCUT2D eigenvalue weighted by atomic mass is 79.9. The van der Waals surface area contributed by atoms with E-state index in [1.165, 1.54) is 0 Å². The van der Waals surface area contributed by atoms with E-state index in [-0.39, 0.29) is 12.0 Å². The van der Waals surface area contributed by atoms with Gasteiger partial charge in [0.1, 0.15) is 12.7 Å². The Morgan fingerprint density at radius 1 is 1.28 bits per heavy atom. The van der Waals surface area contributed by atoms with Gasteiger partial charge in [-0.25, -0.2) is 0 Å². The number of benzene rings is 1. The molecule has 1 N–H and O–H groups in total. The van der Waals surface area contributed by atoms with Gasteiger partial charge in [-0.15, -0.1) is 0 Å². The molecule has 2 aliphatic rings. The molecule has 2 aliphatic heterocycles. The van der Waals surface area contributed by atoms with Crippen molar-refractivity contribution in [3.63, 3.8) is 0 Å². The summed E-state index contributed by atoms with van der Waals surface area (Å²) in [4.78, 5) is 19.0. The molecule has 0 aliphatic carbocycles. The van der Waals surface area contributed by atoms with Crippen LogP contribution in [0.25, 0.3) is 0 Å². The predicted molar refractivity (Wildman–Crippen MR) is 115 cm³/mol. The van der Waals surface area contributed by atoms with E-state index in [4.69, 9.17) is 9.47 Å². The smallest absolute Gasteiger partial charge is 0.253 e. The summed E-state index contributed by atoms with van der Waals surface area (Å²) in [6.45, 7) is 6.04. The van der Waals surface area contributed by atoms with Gasteiger partial charge in [0.05, 0.1) is 5.56 Å². The molecular weight excluding hydrogens is 434 g/mol. The SMILES string of the molecule is Cc1ncccc1C(=O)NCC1CCN(CC2COc3ccc(Br)cc3O2)CC1. The zero-order valence-electron chi connectivity index (χ0n) is 16.6. The van der Waals surface area contributed by atoms with Crippen molar-refractivity contribution in [2.75, 3.05) is 32.8 Å². The fourth-order valence-corrected chi connectivity index (χ4v) is 4.24. The minimum atomic E-state index is -0.0318. The summed E-state index contributed by atoms with van der Waals surface area (Å²) < 4.78 is 13.0. The minimum absolute atomic E-state index is 0.0318. The van der Waals surface area contributed by atoms with Crippen LogP contribution in [0.1, 0.15) is 28.9 Å². The maximum absolute atomic E-state index is 12.4. The Bertz CT molecular complexity index is 868. The average molecular weight is 460 g/mol. The molecule has 0 bridgehead atoms. The van der Waals surface area contributed by atoms with Crippen LogP contribution in [0.3, 0.4) is 0 Å². The van der Waals surface area contributed by atoms with Crippen LogP contribution in [0.2, 0.25) is 0 Å². The fraction of sp³-hybridized carbons (Fsp3) is 0.455. The molecule has 154 valence electrons. The summed E-state index contributed by atoms with van der Waals surface area (Å²) >= 11 is 3.48. The molecule has 1 fully saturated rings. The van der Waals surface area contributed by atoms with E-state index < -0.39 is 0 Å². The number of aryl methyl sites for hydroxylation is 1. The van der Waals surface area contributed by atoms with E-state index in [1.54, 1.807) is 12.3 Å². The minimum Gasteiger partial charge on any atom is -0.486 e. The molecule has 4 rings (SSSR count). The van der Waals surface area contributed by atoms with Crippen molar-refractivity contribution in [3.05, 3.63) is 52.3 Å². The molecule has 1 saturated heterocycles. The molecule has 0 radical (unpaired) electrons. The van der Waals surface area contributed by atoms with Crippen molar-refractivity contribution in [3.8, 4) is 11.5 Å². The Morgan fingerprint density at radius 2 is 2.10 bits per heavy atom. The number of aromatic nitrogens is 1. The highest BCUT2D eigenvalue weighted by molar-refractivity contribution is 9.10. The lowest BCUT2D eigenvalue weighted by atomic mass is 9.96. The molecule has 1 aromatic heterocycles. The molecule has 1 unspecified atom stereocenters. The van der Waals surface area contributed by atoms with Crippen molar-refractivity contribution >= 4 is 21.8 Å². The second-order valence-electron chi connectivity index (χ2n) is 7.73. The largest absolute Gasteiger partial charge is 0.486 e. The monoisotopic (exact) mass is 459 g/mol. The summed E-state index contributed by atoms with van der Waals surface area (Å²) in [6.07, 6.45) is 3.89. The number of halogens is 1. The van der Waals surface area contributed by atoms with Crippen LogP contribution < -0.4 is 14.8 Å². The van der Waals surface area contributed by atoms with Gasteiger partial charge in [-0.3, -0.25) is 14.7 Å². The number of nitrogens with zero attached hydrogens (tertiary/aromatic N) is 2. The summed E-state index contributed by atoms with van der Waals surface area (Å²) in [5.41, 5.74) is 1.43. The number of nitrogens with one attached hydrogen (secondary N) is 1. The van der Waals surface area contributed by atoms with E-state index in [0.717, 1.165) is 54.1 Å². The molecule has 29 heavy (non-hydrogen) atoms. The van der Waals surface area contributed by atoms with Gasteiger partial charge in [-0.05, 0) is 69.1 Å². The molecule has 6 nitrogen and oxygen atoms in total. The van der Waals surface area contributed by atoms with Gasteiger partial charge in [0, 0.05) is 29.5 Å². The van der Waals surface area contributed by atoms with Crippen LogP contribution in [0, 0.1) is 12.8 Å². The lowest BCUT2D eigenvalue weighted by molar-refractivity contribution is 0.0476. The molecule has 0 spiro atoms. The van der Waals surface area contributed by atoms with E-state index in [9.17, 15) is 4.79 Å². The molecule has 2 aromatic rings. The number of hydrogen-bond acceptors (Lipinski definition) is 5. The highest BCUT2D eigenvalue weighted by Gasteiger charge is 2.26. The highest BCUT2D eigenvalue weighted by Crippen LogP contribution is 2.34. The van der Waals surface area contributed by atoms with Crippen LogP contribution in [-0.2, 0) is 0 Å². The lowest BCUT2D eigenvalue weighted by Gasteiger charge is -2.35. The average Bonchev–Trinajstić information content (AvgIpc) is 2.73. The second kappa shape index (κ2) is 9.13. The first kappa shape index (κ1) is 20.2. The number of ether oxygens (including phenoxy) is 2. The molecule has 3 heterocycles. The molecule has 1 atom stereocenters. The molecule has 1 amide bonds. The number of rotatable bonds is 5. The fourth-order valence-electron chi connectivity index (χ4n) is 3.90. The molecule has 1 aromatic carbocycles. The van der Waals surface area contributed by atoms with E-state index in [1.807, 2.05) is 31.2 Å². The number of piperidine rings is 1. The summed E-state index contributed by atoms with van der Waals surface area (Å²) in [6, 6.07) is 9.47. The van der Waals surface area contributed by atoms with Crippen LogP contribution in [0.5, 0.6) is 11.5 Å². The Hall–Kier alpha value is -2.12. The normalized spacial score (nSPS) is 19.7. The number of hydrogen-bond donors (Lipinski definition) is 1. The van der Waals surface area contributed by atoms with Gasteiger partial charge in [0.2, 0.25) is 0 Å². The standard InChI is InChI=1S/C22H26BrN3O3/c1-15-19(3-2-8-24-15)22(27)25-12-16-6-9-26(10-7-16)13-18-14-28-20-5-4-17(23)11-21(20)29-18/h2-5,8,11,16,18H,6-7,9-10,12-14H2,1H3,(H,25,27). The van der Waals surface area contributed by atoms with E-state index >= 15 is 0 Å². The Balaban J connectivity index is 1.21. The maximum atomic E-state index is 12.4. The maximum Gasteiger partial charge on any atom is 0.253 e. The molecule has 0 saturated carbocycles. The number of amides is 1. The third-order valence-corrected chi connectivity index (χ3v) is 6.09. The predicted octanol–water partition coefficient (Wildman–Crippen LogP) is 3.43. The van der Waals surface area contributed by atoms with Gasteiger partial charge in [0.25, 0.3) is 5.91 Å². The summed E-state index contributed by atoms with van der Waals surface area (Å²) in [5.74, 6) is 2.09. The number of pyridine rings is 1. The Kier molecular flexibility index (Phi) is 6.35. The Morgan fingerprint density at radius 3 is 2.90 bits per heavy atom. The first-order valence-electron chi connectivity index (χ1n) is 10.1.